The van der Waals surface area contributed by atoms with Crippen molar-refractivity contribution in [1.82, 2.24) is 10.6 Å². The van der Waals surface area contributed by atoms with Gasteiger partial charge in [0.2, 0.25) is 0 Å². The molecule has 2 N–H and O–H groups in total. The summed E-state index contributed by atoms with van der Waals surface area (Å²) in [5.41, 5.74) is 2.40. The van der Waals surface area contributed by atoms with Gasteiger partial charge in [0.15, 0.2) is 5.96 Å². The van der Waals surface area contributed by atoms with Crippen LogP contribution in [0.15, 0.2) is 59.6 Å². The highest BCUT2D eigenvalue weighted by Crippen LogP contribution is 2.12. The van der Waals surface area contributed by atoms with Crippen molar-refractivity contribution in [2.45, 2.75) is 13.0 Å². The summed E-state index contributed by atoms with van der Waals surface area (Å²) in [6, 6.07) is 18.4. The molecule has 142 valence electrons. The van der Waals surface area contributed by atoms with E-state index >= 15 is 0 Å². The maximum atomic E-state index is 5.25. The molecule has 2 aromatic carbocycles. The van der Waals surface area contributed by atoms with E-state index in [1.807, 2.05) is 24.3 Å². The van der Waals surface area contributed by atoms with Gasteiger partial charge in [-0.2, -0.15) is 0 Å². The van der Waals surface area contributed by atoms with E-state index in [1.165, 1.54) is 5.69 Å². The molecule has 0 bridgehead atoms. The van der Waals surface area contributed by atoms with Crippen molar-refractivity contribution in [3.63, 3.8) is 0 Å². The summed E-state index contributed by atoms with van der Waals surface area (Å²) in [7, 11) is 5.59. The lowest BCUT2D eigenvalue weighted by molar-refractivity contribution is 0.414. The van der Waals surface area contributed by atoms with Crippen molar-refractivity contribution < 1.29 is 4.74 Å². The first-order valence-corrected chi connectivity index (χ1v) is 8.56. The van der Waals surface area contributed by atoms with Gasteiger partial charge in [0.05, 0.1) is 7.11 Å². The molecule has 5 nitrogen and oxygen atoms in total. The zero-order valence-electron chi connectivity index (χ0n) is 15.7. The van der Waals surface area contributed by atoms with Gasteiger partial charge in [0, 0.05) is 39.4 Å². The second-order valence-corrected chi connectivity index (χ2v) is 5.81. The topological polar surface area (TPSA) is 48.9 Å². The predicted molar refractivity (Wildman–Crippen MR) is 121 cm³/mol. The van der Waals surface area contributed by atoms with E-state index in [0.29, 0.717) is 6.54 Å². The number of benzene rings is 2. The molecular formula is C20H29IN4O. The number of nitrogens with zero attached hydrogens (tertiary/aromatic N) is 2. The Labute approximate surface area is 173 Å². The maximum Gasteiger partial charge on any atom is 0.191 e. The van der Waals surface area contributed by atoms with Gasteiger partial charge >= 0.3 is 0 Å². The molecule has 0 aliphatic rings. The standard InChI is InChI=1S/C20H28N4O.HI/c1-21-20(23-16-17-9-7-12-19(15-17)25-3)22-13-8-14-24(2)18-10-5-4-6-11-18;/h4-7,9-12,15H,8,13-14,16H2,1-3H3,(H2,21,22,23);1H. The highest BCUT2D eigenvalue weighted by atomic mass is 127. The number of aliphatic imine (C=N–C) groups is 1. The fourth-order valence-corrected chi connectivity index (χ4v) is 2.52. The van der Waals surface area contributed by atoms with Gasteiger partial charge in [-0.25, -0.2) is 0 Å². The first kappa shape index (κ1) is 22.1. The molecule has 26 heavy (non-hydrogen) atoms. The van der Waals surface area contributed by atoms with E-state index in [2.05, 4.69) is 57.9 Å². The number of nitrogens with one attached hydrogen (secondary N) is 2. The van der Waals surface area contributed by atoms with Gasteiger partial charge < -0.3 is 20.3 Å². The van der Waals surface area contributed by atoms with Crippen molar-refractivity contribution in [3.8, 4) is 5.75 Å². The summed E-state index contributed by atoms with van der Waals surface area (Å²) >= 11 is 0. The lowest BCUT2D eigenvalue weighted by atomic mass is 10.2. The molecule has 0 saturated carbocycles. The minimum absolute atomic E-state index is 0. The number of ether oxygens (including phenoxy) is 1. The Hall–Kier alpha value is -1.96. The van der Waals surface area contributed by atoms with Crippen LogP contribution in [-0.4, -0.2) is 40.3 Å². The van der Waals surface area contributed by atoms with Crippen molar-refractivity contribution >= 4 is 35.6 Å². The number of anilines is 1. The van der Waals surface area contributed by atoms with Crippen LogP contribution in [0.5, 0.6) is 5.75 Å². The normalized spacial score (nSPS) is 10.7. The van der Waals surface area contributed by atoms with Crippen LogP contribution in [0.1, 0.15) is 12.0 Å². The number of para-hydroxylation sites is 1. The van der Waals surface area contributed by atoms with E-state index in [0.717, 1.165) is 36.8 Å². The first-order valence-electron chi connectivity index (χ1n) is 8.56. The Balaban J connectivity index is 0.00000338. The maximum absolute atomic E-state index is 5.25. The Morgan fingerprint density at radius 1 is 1.08 bits per heavy atom. The van der Waals surface area contributed by atoms with Crippen molar-refractivity contribution in [2.75, 3.05) is 39.2 Å². The minimum Gasteiger partial charge on any atom is -0.497 e. The monoisotopic (exact) mass is 468 g/mol. The van der Waals surface area contributed by atoms with Gasteiger partial charge in [-0.1, -0.05) is 30.3 Å². The molecule has 0 aromatic heterocycles. The van der Waals surface area contributed by atoms with Crippen molar-refractivity contribution in [1.29, 1.82) is 0 Å². The van der Waals surface area contributed by atoms with Crippen LogP contribution in [0, 0.1) is 0 Å². The van der Waals surface area contributed by atoms with Crippen LogP contribution in [0.4, 0.5) is 5.69 Å². The Morgan fingerprint density at radius 3 is 2.54 bits per heavy atom. The number of guanidine groups is 1. The molecule has 0 atom stereocenters. The largest absolute Gasteiger partial charge is 0.497 e. The summed E-state index contributed by atoms with van der Waals surface area (Å²) in [4.78, 5) is 6.53. The van der Waals surface area contributed by atoms with Gasteiger partial charge in [-0.05, 0) is 36.2 Å². The lowest BCUT2D eigenvalue weighted by Crippen LogP contribution is -2.38. The third-order valence-corrected chi connectivity index (χ3v) is 3.98. The molecule has 6 heteroatoms. The molecule has 0 amide bonds. The third kappa shape index (κ3) is 7.51. The average Bonchev–Trinajstić information content (AvgIpc) is 2.68. The molecule has 0 spiro atoms. The summed E-state index contributed by atoms with van der Waals surface area (Å²) in [5, 5.41) is 6.68. The van der Waals surface area contributed by atoms with Crippen LogP contribution in [0.2, 0.25) is 0 Å². The van der Waals surface area contributed by atoms with Crippen LogP contribution in [0.25, 0.3) is 0 Å². The van der Waals surface area contributed by atoms with Crippen LogP contribution >= 0.6 is 24.0 Å². The summed E-state index contributed by atoms with van der Waals surface area (Å²) < 4.78 is 5.25. The summed E-state index contributed by atoms with van der Waals surface area (Å²) in [6.07, 6.45) is 1.03. The quantitative estimate of drug-likeness (QED) is 0.270. The van der Waals surface area contributed by atoms with E-state index in [9.17, 15) is 0 Å². The third-order valence-electron chi connectivity index (χ3n) is 3.98. The van der Waals surface area contributed by atoms with Gasteiger partial charge in [0.1, 0.15) is 5.75 Å². The highest BCUT2D eigenvalue weighted by molar-refractivity contribution is 14.0. The number of halogens is 1. The number of hydrogen-bond donors (Lipinski definition) is 2. The Kier molecular flexibility index (Phi) is 10.5. The molecular weight excluding hydrogens is 439 g/mol. The fraction of sp³-hybridized carbons (Fsp3) is 0.350. The molecule has 0 saturated heterocycles. The molecule has 2 aromatic rings. The van der Waals surface area contributed by atoms with Crippen LogP contribution < -0.4 is 20.3 Å². The Morgan fingerprint density at radius 2 is 1.85 bits per heavy atom. The average molecular weight is 468 g/mol. The van der Waals surface area contributed by atoms with E-state index < -0.39 is 0 Å². The molecule has 0 aliphatic carbocycles. The van der Waals surface area contributed by atoms with E-state index in [-0.39, 0.29) is 24.0 Å². The zero-order chi connectivity index (χ0) is 17.9. The second-order valence-electron chi connectivity index (χ2n) is 5.81. The van der Waals surface area contributed by atoms with E-state index in [1.54, 1.807) is 14.2 Å². The smallest absolute Gasteiger partial charge is 0.191 e. The molecule has 0 fully saturated rings. The minimum atomic E-state index is 0. The van der Waals surface area contributed by atoms with Gasteiger partial charge in [-0.3, -0.25) is 4.99 Å². The SMILES string of the molecule is CN=C(NCCCN(C)c1ccccc1)NCc1cccc(OC)c1.I. The highest BCUT2D eigenvalue weighted by Gasteiger charge is 2.02. The predicted octanol–water partition coefficient (Wildman–Crippen LogP) is 3.50. The van der Waals surface area contributed by atoms with Crippen LogP contribution in [0.3, 0.4) is 0 Å². The molecule has 0 aliphatic heterocycles. The van der Waals surface area contributed by atoms with Crippen molar-refractivity contribution in [3.05, 3.63) is 60.2 Å². The Bertz CT molecular complexity index is 664. The molecule has 0 unspecified atom stereocenters. The summed E-state index contributed by atoms with van der Waals surface area (Å²) in [6.45, 7) is 2.57. The summed E-state index contributed by atoms with van der Waals surface area (Å²) in [5.74, 6) is 1.68. The number of methoxy groups -OCH3 is 1. The zero-order valence-corrected chi connectivity index (χ0v) is 18.1. The lowest BCUT2D eigenvalue weighted by Gasteiger charge is -2.19. The number of hydrogen-bond acceptors (Lipinski definition) is 3. The molecule has 2 rings (SSSR count). The van der Waals surface area contributed by atoms with Crippen molar-refractivity contribution in [2.24, 2.45) is 4.99 Å². The number of rotatable bonds is 8. The first-order chi connectivity index (χ1) is 12.2. The molecule has 0 radical (unpaired) electrons. The molecule has 0 heterocycles. The fourth-order valence-electron chi connectivity index (χ4n) is 2.52. The second kappa shape index (κ2) is 12.4. The van der Waals surface area contributed by atoms with Gasteiger partial charge in [-0.15, -0.1) is 24.0 Å². The van der Waals surface area contributed by atoms with E-state index in [4.69, 9.17) is 4.74 Å². The van der Waals surface area contributed by atoms with Crippen LogP contribution in [-0.2, 0) is 6.54 Å². The van der Waals surface area contributed by atoms with Gasteiger partial charge in [0.25, 0.3) is 0 Å².